The predicted octanol–water partition coefficient (Wildman–Crippen LogP) is 8.60. The molecule has 0 saturated heterocycles. The van der Waals surface area contributed by atoms with Crippen LogP contribution in [0.1, 0.15) is 80.2 Å². The fourth-order valence-electron chi connectivity index (χ4n) is 10.4. The number of anilines is 1. The molecule has 4 heterocycles. The minimum atomic E-state index is -2.12. The van der Waals surface area contributed by atoms with Crippen LogP contribution in [0.4, 0.5) is 5.69 Å². The van der Waals surface area contributed by atoms with E-state index in [9.17, 15) is 54.6 Å². The first-order valence-electron chi connectivity index (χ1n) is 26.6. The molecule has 462 valence electrons. The molecule has 7 aromatic rings. The third kappa shape index (κ3) is 12.9. The number of halogens is 6. The Bertz CT molecular complexity index is 4140. The van der Waals surface area contributed by atoms with Crippen molar-refractivity contribution in [3.8, 4) is 51.4 Å². The van der Waals surface area contributed by atoms with Crippen LogP contribution in [-0.2, 0) is 44.8 Å². The number of ketones is 1. The third-order valence-corrected chi connectivity index (χ3v) is 16.9. The summed E-state index contributed by atoms with van der Waals surface area (Å²) in [5.41, 5.74) is -0.421. The molecule has 23 nitrogen and oxygen atoms in total. The van der Waals surface area contributed by atoms with Crippen molar-refractivity contribution in [2.24, 2.45) is 0 Å². The second-order valence-electron chi connectivity index (χ2n) is 20.9. The first kappa shape index (κ1) is 63.5. The van der Waals surface area contributed by atoms with E-state index < -0.39 is 160 Å². The number of rotatable bonds is 9. The number of carboxylic acids is 1. The number of carbonyl (C=O) groups is 9. The molecule has 11 rings (SSSR count). The van der Waals surface area contributed by atoms with E-state index in [1.54, 1.807) is 0 Å². The van der Waals surface area contributed by atoms with Gasteiger partial charge in [-0.15, -0.1) is 0 Å². The summed E-state index contributed by atoms with van der Waals surface area (Å²) in [6.45, 7) is 0. The molecule has 0 saturated carbocycles. The second-order valence-corrected chi connectivity index (χ2v) is 23.4. The Hall–Kier alpha value is -9.49. The van der Waals surface area contributed by atoms with Gasteiger partial charge in [0.25, 0.3) is 5.91 Å². The number of fused-ring (bicyclic) bond motifs is 11. The molecule has 12 N–H and O–H groups in total. The maximum Gasteiger partial charge on any atom is 0.330 e. The topological polar surface area (TPSA) is 360 Å². The van der Waals surface area contributed by atoms with E-state index >= 15 is 19.2 Å². The van der Waals surface area contributed by atoms with Gasteiger partial charge in [0.05, 0.1) is 36.1 Å². The Balaban J connectivity index is 1.16. The summed E-state index contributed by atoms with van der Waals surface area (Å²) in [7, 11) is 1.17. The summed E-state index contributed by atoms with van der Waals surface area (Å²) in [6.07, 6.45) is -0.997. The first-order chi connectivity index (χ1) is 42.6. The lowest BCUT2D eigenvalue weighted by atomic mass is 9.89. The maximum absolute atomic E-state index is 15.8. The van der Waals surface area contributed by atoms with E-state index in [0.717, 1.165) is 41.3 Å². The van der Waals surface area contributed by atoms with Crippen LogP contribution in [0.2, 0.25) is 30.1 Å². The standard InChI is InChI=1S/C61H45Cl6N7O16/c1-74-43(56(83)73-48(61(88)89)24-4-7-30(75)8-5-24)12-23-2-9-31(10-3-23)90-44-21-26-14-32(50(44)77)25-6-11-41-33(13-25)34(54(81)68-41)22-42(69-59(86)49(76)29-19-39(66)53(80)40(67)20-29)55(82)70-46(27-15-35(62)51(78)36(63)16-27)57(84)71-45(26)58(85)72-47(60(74)87)28-17-37(64)52(79)38(65)18-28/h2-11,13-21,34,42-43,45-48,75,77-80H,12,22H2,1H3,(H,68,81)(H,69,86)(H,70,82)(H,71,84)(H,72,85)(H,73,83)(H,88,89). The first-order valence-corrected chi connectivity index (χ1v) is 28.9. The van der Waals surface area contributed by atoms with E-state index in [4.69, 9.17) is 74.3 Å². The maximum atomic E-state index is 15.8. The fourth-order valence-corrected chi connectivity index (χ4v) is 11.9. The zero-order valence-electron chi connectivity index (χ0n) is 45.9. The third-order valence-electron chi connectivity index (χ3n) is 15.2. The van der Waals surface area contributed by atoms with Crippen LogP contribution in [0.5, 0.6) is 40.2 Å². The van der Waals surface area contributed by atoms with Gasteiger partial charge in [0.2, 0.25) is 41.2 Å². The van der Waals surface area contributed by atoms with Gasteiger partial charge in [0.1, 0.15) is 41.7 Å². The average molecular weight is 1340 g/mol. The van der Waals surface area contributed by atoms with Crippen LogP contribution >= 0.6 is 69.6 Å². The van der Waals surface area contributed by atoms with Gasteiger partial charge < -0.3 is 72.2 Å². The molecule has 7 atom stereocenters. The van der Waals surface area contributed by atoms with Crippen LogP contribution in [-0.4, -0.2) is 108 Å². The number of Topliss-reactive ketones (excluding diaryl/α,β-unsaturated/α-hetero) is 1. The van der Waals surface area contributed by atoms with Gasteiger partial charge in [-0.05, 0) is 130 Å². The average Bonchev–Trinajstić information content (AvgIpc) is 1.41. The molecular weight excluding hydrogens is 1300 g/mol. The van der Waals surface area contributed by atoms with Crippen molar-refractivity contribution in [3.63, 3.8) is 0 Å². The smallest absolute Gasteiger partial charge is 0.330 e. The largest absolute Gasteiger partial charge is 0.508 e. The van der Waals surface area contributed by atoms with Gasteiger partial charge in [-0.3, -0.25) is 38.4 Å². The molecule has 29 heteroatoms. The zero-order valence-corrected chi connectivity index (χ0v) is 50.4. The Labute approximate surface area is 538 Å². The summed E-state index contributed by atoms with van der Waals surface area (Å²) < 4.78 is 6.36. The highest BCUT2D eigenvalue weighted by Crippen LogP contribution is 2.46. The number of phenolic OH excluding ortho intramolecular Hbond substituents is 5. The molecule has 0 fully saturated rings. The lowest BCUT2D eigenvalue weighted by Crippen LogP contribution is -2.54. The van der Waals surface area contributed by atoms with E-state index in [-0.39, 0.29) is 68.3 Å². The Morgan fingerprint density at radius 3 is 1.69 bits per heavy atom. The van der Waals surface area contributed by atoms with Crippen LogP contribution < -0.4 is 36.6 Å². The molecular formula is C61H45Cl6N7O16. The number of ether oxygens (including phenoxy) is 1. The van der Waals surface area contributed by atoms with E-state index in [0.29, 0.717) is 5.56 Å². The SMILES string of the molecule is CN1C(=O)C(c2cc(Cl)c(O)c(Cl)c2)NC(=O)C2NC(=O)C(c3cc(Cl)c(O)c(Cl)c3)NC(=O)C(NC(=O)C(=O)c3cc(Cl)c(O)c(Cl)c3)CC3C(=O)Nc4ccc(cc43)-c3cc2cc(c3O)Oc2ccc(cc2)CC1C(=O)NC(C(=O)O)c1ccc(O)cc1. The highest BCUT2D eigenvalue weighted by Gasteiger charge is 2.42. The van der Waals surface area contributed by atoms with E-state index in [1.807, 2.05) is 0 Å². The molecule has 7 amide bonds. The van der Waals surface area contributed by atoms with Gasteiger partial charge in [0.15, 0.2) is 34.8 Å². The van der Waals surface area contributed by atoms with Crippen LogP contribution in [0.15, 0.2) is 115 Å². The number of aromatic hydroxyl groups is 5. The Kier molecular flexibility index (Phi) is 18.0. The van der Waals surface area contributed by atoms with Crippen molar-refractivity contribution in [2.45, 2.75) is 55.0 Å². The Morgan fingerprint density at radius 1 is 0.600 bits per heavy atom. The van der Waals surface area contributed by atoms with Crippen molar-refractivity contribution in [1.82, 2.24) is 31.5 Å². The summed E-state index contributed by atoms with van der Waals surface area (Å²) in [5, 5.41) is 76.9. The zero-order chi connectivity index (χ0) is 64.9. The number of hydrogen-bond acceptors (Lipinski definition) is 15. The van der Waals surface area contributed by atoms with Crippen LogP contribution in [0.3, 0.4) is 0 Å². The number of nitrogens with one attached hydrogen (secondary N) is 6. The number of nitrogens with zero attached hydrogens (tertiary/aromatic N) is 1. The molecule has 0 aromatic heterocycles. The van der Waals surface area contributed by atoms with Gasteiger partial charge in [-0.2, -0.15) is 0 Å². The van der Waals surface area contributed by atoms with Crippen LogP contribution in [0, 0.1) is 0 Å². The van der Waals surface area contributed by atoms with Gasteiger partial charge in [-0.25, -0.2) is 4.79 Å². The molecule has 4 aliphatic heterocycles. The second kappa shape index (κ2) is 25.5. The quantitative estimate of drug-likeness (QED) is 0.0475. The minimum absolute atomic E-state index is 0.0272. The highest BCUT2D eigenvalue weighted by atomic mass is 35.5. The number of likely N-dealkylation sites (N-methyl/N-ethyl adjacent to an activating group) is 1. The number of benzene rings is 7. The highest BCUT2D eigenvalue weighted by molar-refractivity contribution is 6.45. The van der Waals surface area contributed by atoms with Gasteiger partial charge in [-0.1, -0.05) is 99.9 Å². The molecule has 90 heavy (non-hydrogen) atoms. The molecule has 0 aliphatic carbocycles. The molecule has 0 radical (unpaired) electrons. The number of phenols is 5. The number of carbonyl (C=O) groups excluding carboxylic acids is 8. The van der Waals surface area contributed by atoms with E-state index in [1.165, 1.54) is 85.9 Å². The lowest BCUT2D eigenvalue weighted by molar-refractivity contribution is -0.145. The number of hydrogen-bond donors (Lipinski definition) is 12. The van der Waals surface area contributed by atoms with Gasteiger partial charge in [0, 0.05) is 30.3 Å². The van der Waals surface area contributed by atoms with Gasteiger partial charge >= 0.3 is 5.97 Å². The van der Waals surface area contributed by atoms with Crippen molar-refractivity contribution in [3.05, 3.63) is 184 Å². The summed E-state index contributed by atoms with van der Waals surface area (Å²) in [6, 6.07) is 12.1. The molecule has 4 aliphatic rings. The lowest BCUT2D eigenvalue weighted by Gasteiger charge is -2.33. The Morgan fingerprint density at radius 2 is 1.12 bits per heavy atom. The predicted molar refractivity (Wildman–Crippen MR) is 326 cm³/mol. The normalized spacial score (nSPS) is 19.5. The molecule has 7 aromatic carbocycles. The number of amides is 7. The van der Waals surface area contributed by atoms with Crippen molar-refractivity contribution < 1.29 is 78.5 Å². The number of aliphatic carboxylic acids is 1. The van der Waals surface area contributed by atoms with Crippen molar-refractivity contribution in [1.29, 1.82) is 0 Å². The van der Waals surface area contributed by atoms with Crippen molar-refractivity contribution >= 4 is 128 Å². The van der Waals surface area contributed by atoms with E-state index in [2.05, 4.69) is 31.9 Å². The van der Waals surface area contributed by atoms with Crippen LogP contribution in [0.25, 0.3) is 11.1 Å². The molecule has 7 bridgehead atoms. The monoisotopic (exact) mass is 1340 g/mol. The fraction of sp³-hybridized carbons (Fsp3) is 0.164. The van der Waals surface area contributed by atoms with Crippen molar-refractivity contribution in [2.75, 3.05) is 12.4 Å². The summed E-state index contributed by atoms with van der Waals surface area (Å²) >= 11 is 38.0. The molecule has 0 spiro atoms. The molecule has 7 unspecified atom stereocenters. The number of carboxylic acid groups (broad SMARTS) is 1. The summed E-state index contributed by atoms with van der Waals surface area (Å²) in [5.74, 6) is -15.5. The minimum Gasteiger partial charge on any atom is -0.508 e. The summed E-state index contributed by atoms with van der Waals surface area (Å²) in [4.78, 5) is 132.